The Kier molecular flexibility index (Phi) is 6.77. The number of furan rings is 1. The van der Waals surface area contributed by atoms with Crippen molar-refractivity contribution in [2.45, 2.75) is 28.1 Å². The van der Waals surface area contributed by atoms with Crippen LogP contribution in [0.3, 0.4) is 0 Å². The number of nitrogens with one attached hydrogen (secondary N) is 1. The maximum absolute atomic E-state index is 13.4. The molecule has 1 saturated heterocycles. The average Bonchev–Trinajstić information content (AvgIpc) is 3.37. The third-order valence-corrected chi connectivity index (χ3v) is 8.24. The number of alkyl halides is 1. The maximum atomic E-state index is 13.4. The lowest BCUT2D eigenvalue weighted by Crippen LogP contribution is -2.42. The Bertz CT molecular complexity index is 807. The van der Waals surface area contributed by atoms with E-state index in [1.807, 2.05) is 6.07 Å². The minimum Gasteiger partial charge on any atom is -0.467 e. The number of carbonyl (C=O) groups is 2. The van der Waals surface area contributed by atoms with E-state index in [0.29, 0.717) is 30.7 Å². The van der Waals surface area contributed by atoms with Crippen molar-refractivity contribution in [3.8, 4) is 0 Å². The largest absolute Gasteiger partial charge is 0.467 e. The summed E-state index contributed by atoms with van der Waals surface area (Å²) in [6.45, 7) is 3.18. The molecule has 3 aliphatic heterocycles. The number of aliphatic imine (C=N–C) groups is 1. The fourth-order valence-electron chi connectivity index (χ4n) is 3.79. The topological polar surface area (TPSA) is 84.1 Å². The van der Waals surface area contributed by atoms with Gasteiger partial charge in [-0.15, -0.1) is 0 Å². The average molecular weight is 529 g/mol. The Labute approximate surface area is 187 Å². The van der Waals surface area contributed by atoms with E-state index in [4.69, 9.17) is 14.1 Å². The van der Waals surface area contributed by atoms with Gasteiger partial charge in [-0.2, -0.15) is 0 Å². The first-order chi connectivity index (χ1) is 14.1. The van der Waals surface area contributed by atoms with Crippen molar-refractivity contribution in [1.29, 1.82) is 0 Å². The molecular weight excluding hydrogens is 505 g/mol. The van der Waals surface area contributed by atoms with Crippen molar-refractivity contribution in [3.05, 3.63) is 36.3 Å². The van der Waals surface area contributed by atoms with E-state index in [2.05, 4.69) is 45.0 Å². The first kappa shape index (κ1) is 21.1. The minimum absolute atomic E-state index is 0.0593. The molecule has 9 heteroatoms. The number of ether oxygens (including phenoxy) is 1. The standard InChI is InChI=1S/C20H24IN3O4S/c21-20(18(26)14-6-11-27-12-7-14)17(15-5-4-10-28-15)23-19(29-20)22-16(25)13-24-8-2-1-3-9-24/h1-2,4-5,10,14,17H,3,6-9,11-13H2,(H,22,23,25). The van der Waals surface area contributed by atoms with Crippen molar-refractivity contribution in [2.24, 2.45) is 10.9 Å². The van der Waals surface area contributed by atoms with Gasteiger partial charge in [0.1, 0.15) is 11.8 Å². The van der Waals surface area contributed by atoms with Gasteiger partial charge in [-0.3, -0.25) is 14.5 Å². The third kappa shape index (κ3) is 4.78. The Morgan fingerprint density at radius 1 is 1.34 bits per heavy atom. The lowest BCUT2D eigenvalue weighted by atomic mass is 9.90. The molecule has 0 radical (unpaired) electrons. The van der Waals surface area contributed by atoms with E-state index < -0.39 is 8.80 Å². The molecule has 0 aliphatic carbocycles. The molecule has 2 atom stereocenters. The third-order valence-electron chi connectivity index (χ3n) is 5.34. The number of ketones is 1. The number of halogens is 1. The first-order valence-electron chi connectivity index (χ1n) is 9.84. The second-order valence-electron chi connectivity index (χ2n) is 7.39. The summed E-state index contributed by atoms with van der Waals surface area (Å²) in [6, 6.07) is 3.17. The summed E-state index contributed by atoms with van der Waals surface area (Å²) in [5.74, 6) is 0.611. The summed E-state index contributed by atoms with van der Waals surface area (Å²) in [6.07, 6.45) is 8.20. The van der Waals surface area contributed by atoms with Crippen molar-refractivity contribution >= 4 is 51.2 Å². The Balaban J connectivity index is 1.48. The van der Waals surface area contributed by atoms with Crippen molar-refractivity contribution < 1.29 is 18.7 Å². The van der Waals surface area contributed by atoms with E-state index in [0.717, 1.165) is 32.4 Å². The van der Waals surface area contributed by atoms with Gasteiger partial charge in [-0.25, -0.2) is 4.99 Å². The minimum atomic E-state index is -0.839. The molecule has 0 aromatic carbocycles. The Morgan fingerprint density at radius 3 is 2.86 bits per heavy atom. The quantitative estimate of drug-likeness (QED) is 0.359. The zero-order valence-corrected chi connectivity index (χ0v) is 19.0. The highest BCUT2D eigenvalue weighted by molar-refractivity contribution is 14.1. The van der Waals surface area contributed by atoms with Gasteiger partial charge in [0, 0.05) is 32.2 Å². The summed E-state index contributed by atoms with van der Waals surface area (Å²) in [5, 5.41) is 3.40. The summed E-state index contributed by atoms with van der Waals surface area (Å²) in [7, 11) is 0. The molecule has 1 N–H and O–H groups in total. The fourth-order valence-corrected chi connectivity index (χ4v) is 6.46. The van der Waals surface area contributed by atoms with Crippen LogP contribution in [-0.4, -0.2) is 57.4 Å². The van der Waals surface area contributed by atoms with Crippen LogP contribution in [0.2, 0.25) is 0 Å². The van der Waals surface area contributed by atoms with Gasteiger partial charge in [0.15, 0.2) is 13.7 Å². The van der Waals surface area contributed by atoms with Gasteiger partial charge in [0.25, 0.3) is 0 Å². The highest BCUT2D eigenvalue weighted by atomic mass is 127. The highest BCUT2D eigenvalue weighted by Gasteiger charge is 2.53. The lowest BCUT2D eigenvalue weighted by molar-refractivity contribution is -0.126. The number of hydrogen-bond donors (Lipinski definition) is 1. The number of carbonyl (C=O) groups excluding carboxylic acids is 2. The Morgan fingerprint density at radius 2 is 2.17 bits per heavy atom. The van der Waals surface area contributed by atoms with Crippen LogP contribution in [0, 0.1) is 5.92 Å². The van der Waals surface area contributed by atoms with Gasteiger partial charge in [0.2, 0.25) is 5.91 Å². The van der Waals surface area contributed by atoms with Crippen LogP contribution in [-0.2, 0) is 14.3 Å². The number of amides is 1. The van der Waals surface area contributed by atoms with Crippen LogP contribution in [0.1, 0.15) is 31.1 Å². The predicted octanol–water partition coefficient (Wildman–Crippen LogP) is 2.93. The highest BCUT2D eigenvalue weighted by Crippen LogP contribution is 2.53. The summed E-state index contributed by atoms with van der Waals surface area (Å²) >= 11 is 3.53. The molecule has 0 spiro atoms. The van der Waals surface area contributed by atoms with E-state index in [1.165, 1.54) is 11.8 Å². The van der Waals surface area contributed by atoms with E-state index in [9.17, 15) is 9.59 Å². The molecule has 2 unspecified atom stereocenters. The molecule has 0 bridgehead atoms. The van der Waals surface area contributed by atoms with Crippen LogP contribution >= 0.6 is 34.4 Å². The molecular formula is C20H24IN3O4S. The van der Waals surface area contributed by atoms with Crippen molar-refractivity contribution in [2.75, 3.05) is 32.8 Å². The lowest BCUT2D eigenvalue weighted by Gasteiger charge is -2.30. The SMILES string of the molecule is O=C(CN1CC=CCC1)NC1=NC(c2ccco2)C(I)(C(=O)C2CCOCC2)S1. The van der Waals surface area contributed by atoms with Crippen LogP contribution in [0.15, 0.2) is 40.0 Å². The van der Waals surface area contributed by atoms with E-state index in [1.54, 1.807) is 12.3 Å². The number of nitrogens with zero attached hydrogens (tertiary/aromatic N) is 2. The molecule has 4 rings (SSSR count). The number of Topliss-reactive ketones (excluding diaryl/α,β-unsaturated/α-hetero) is 1. The molecule has 1 aromatic rings. The van der Waals surface area contributed by atoms with Gasteiger partial charge >= 0.3 is 0 Å². The maximum Gasteiger partial charge on any atom is 0.240 e. The normalized spacial score (nSPS) is 28.3. The van der Waals surface area contributed by atoms with E-state index in [-0.39, 0.29) is 17.6 Å². The molecule has 29 heavy (non-hydrogen) atoms. The summed E-state index contributed by atoms with van der Waals surface area (Å²) in [4.78, 5) is 32.8. The second kappa shape index (κ2) is 9.32. The molecule has 7 nitrogen and oxygen atoms in total. The fraction of sp³-hybridized carbons (Fsp3) is 0.550. The number of amidine groups is 1. The van der Waals surface area contributed by atoms with E-state index >= 15 is 0 Å². The van der Waals surface area contributed by atoms with Crippen LogP contribution < -0.4 is 5.32 Å². The molecule has 1 fully saturated rings. The Hall–Kier alpha value is -1.17. The van der Waals surface area contributed by atoms with Crippen LogP contribution in [0.4, 0.5) is 0 Å². The second-order valence-corrected chi connectivity index (χ2v) is 11.1. The molecule has 0 saturated carbocycles. The van der Waals surface area contributed by atoms with Crippen LogP contribution in [0.5, 0.6) is 0 Å². The molecule has 1 aromatic heterocycles. The van der Waals surface area contributed by atoms with Gasteiger partial charge in [-0.05, 0) is 31.4 Å². The van der Waals surface area contributed by atoms with Crippen molar-refractivity contribution in [3.63, 3.8) is 0 Å². The predicted molar refractivity (Wildman–Crippen MR) is 120 cm³/mol. The van der Waals surface area contributed by atoms with Crippen LogP contribution in [0.25, 0.3) is 0 Å². The first-order valence-corrected chi connectivity index (χ1v) is 11.7. The van der Waals surface area contributed by atoms with Gasteiger partial charge in [-0.1, -0.05) is 46.5 Å². The zero-order chi connectivity index (χ0) is 20.3. The smallest absolute Gasteiger partial charge is 0.240 e. The number of rotatable bonds is 5. The van der Waals surface area contributed by atoms with Gasteiger partial charge in [0.05, 0.1) is 12.8 Å². The number of thioether (sulfide) groups is 1. The van der Waals surface area contributed by atoms with Crippen molar-refractivity contribution in [1.82, 2.24) is 10.2 Å². The molecule has 1 amide bonds. The zero-order valence-electron chi connectivity index (χ0n) is 16.0. The number of hydrogen-bond acceptors (Lipinski definition) is 7. The molecule has 4 heterocycles. The molecule has 156 valence electrons. The summed E-state index contributed by atoms with van der Waals surface area (Å²) in [5.41, 5.74) is 0. The summed E-state index contributed by atoms with van der Waals surface area (Å²) < 4.78 is 10.2. The molecule has 3 aliphatic rings. The van der Waals surface area contributed by atoms with Gasteiger partial charge < -0.3 is 14.5 Å². The monoisotopic (exact) mass is 529 g/mol.